The van der Waals surface area contributed by atoms with Crippen LogP contribution in [0.1, 0.15) is 53.9 Å². The Bertz CT molecular complexity index is 851. The molecule has 0 radical (unpaired) electrons. The average molecular weight is 526 g/mol. The number of carbonyl (C=O) groups excluding carboxylic acids is 1. The SMILES string of the molecule is CCN(CC)C(=O)c1ccc(CNC(=NC)NC(C)c2ccc(C)c(F)c2)cc1.I. The zero-order valence-electron chi connectivity index (χ0n) is 18.3. The topological polar surface area (TPSA) is 56.7 Å². The lowest BCUT2D eigenvalue weighted by atomic mass is 10.1. The summed E-state index contributed by atoms with van der Waals surface area (Å²) in [5, 5.41) is 6.53. The predicted molar refractivity (Wildman–Crippen MR) is 132 cm³/mol. The summed E-state index contributed by atoms with van der Waals surface area (Å²) in [7, 11) is 1.70. The predicted octanol–water partition coefficient (Wildman–Crippen LogP) is 4.66. The van der Waals surface area contributed by atoms with Crippen LogP contribution in [0.3, 0.4) is 0 Å². The zero-order valence-corrected chi connectivity index (χ0v) is 20.7. The molecule has 0 aliphatic rings. The van der Waals surface area contributed by atoms with E-state index in [9.17, 15) is 9.18 Å². The van der Waals surface area contributed by atoms with Crippen molar-refractivity contribution in [3.63, 3.8) is 0 Å². The number of carbonyl (C=O) groups is 1. The summed E-state index contributed by atoms with van der Waals surface area (Å²) >= 11 is 0. The summed E-state index contributed by atoms with van der Waals surface area (Å²) in [6.45, 7) is 9.62. The highest BCUT2D eigenvalue weighted by Gasteiger charge is 2.12. The van der Waals surface area contributed by atoms with Gasteiger partial charge in [0.2, 0.25) is 0 Å². The Balaban J connectivity index is 0.00000450. The number of nitrogens with zero attached hydrogens (tertiary/aromatic N) is 2. The monoisotopic (exact) mass is 526 g/mol. The highest BCUT2D eigenvalue weighted by molar-refractivity contribution is 14.0. The van der Waals surface area contributed by atoms with Crippen molar-refractivity contribution < 1.29 is 9.18 Å². The van der Waals surface area contributed by atoms with Crippen molar-refractivity contribution in [2.75, 3.05) is 20.1 Å². The molecule has 1 atom stereocenters. The van der Waals surface area contributed by atoms with E-state index < -0.39 is 0 Å². The number of nitrogens with one attached hydrogen (secondary N) is 2. The van der Waals surface area contributed by atoms with Crippen LogP contribution in [0.25, 0.3) is 0 Å². The standard InChI is InChI=1S/C23H31FN4O.HI/c1-6-28(7-2)22(29)19-12-9-18(10-13-19)15-26-23(25-5)27-17(4)20-11-8-16(3)21(24)14-20;/h8-14,17H,6-7,15H2,1-5H3,(H2,25,26,27);1H. The van der Waals surface area contributed by atoms with Crippen LogP contribution in [0.15, 0.2) is 47.5 Å². The molecule has 2 aromatic rings. The summed E-state index contributed by atoms with van der Waals surface area (Å²) in [5.41, 5.74) is 3.22. The molecule has 0 fully saturated rings. The smallest absolute Gasteiger partial charge is 0.253 e. The third-order valence-corrected chi connectivity index (χ3v) is 4.98. The summed E-state index contributed by atoms with van der Waals surface area (Å²) in [4.78, 5) is 18.4. The Morgan fingerprint density at radius 1 is 1.13 bits per heavy atom. The van der Waals surface area contributed by atoms with Gasteiger partial charge in [-0.3, -0.25) is 9.79 Å². The molecule has 2 rings (SSSR count). The molecule has 0 bridgehead atoms. The Kier molecular flexibility index (Phi) is 10.8. The molecule has 7 heteroatoms. The third-order valence-electron chi connectivity index (χ3n) is 4.98. The molecule has 0 saturated carbocycles. The van der Waals surface area contributed by atoms with Crippen LogP contribution in [-0.4, -0.2) is 36.9 Å². The number of amides is 1. The minimum absolute atomic E-state index is 0. The van der Waals surface area contributed by atoms with Crippen molar-refractivity contribution >= 4 is 35.8 Å². The van der Waals surface area contributed by atoms with Gasteiger partial charge in [-0.2, -0.15) is 0 Å². The number of aryl methyl sites for hydroxylation is 1. The second-order valence-electron chi connectivity index (χ2n) is 6.97. The number of rotatable bonds is 7. The molecule has 164 valence electrons. The molecule has 0 spiro atoms. The average Bonchev–Trinajstić information content (AvgIpc) is 2.74. The molecular formula is C23H32FIN4O. The minimum Gasteiger partial charge on any atom is -0.352 e. The molecule has 1 amide bonds. The fraction of sp³-hybridized carbons (Fsp3) is 0.391. The Morgan fingerprint density at radius 3 is 2.30 bits per heavy atom. The number of hydrogen-bond acceptors (Lipinski definition) is 2. The summed E-state index contributed by atoms with van der Waals surface area (Å²) < 4.78 is 13.8. The second-order valence-corrected chi connectivity index (χ2v) is 6.97. The van der Waals surface area contributed by atoms with E-state index in [-0.39, 0.29) is 41.7 Å². The molecule has 2 N–H and O–H groups in total. The third kappa shape index (κ3) is 6.97. The maximum Gasteiger partial charge on any atom is 0.253 e. The van der Waals surface area contributed by atoms with E-state index in [1.807, 2.05) is 51.1 Å². The van der Waals surface area contributed by atoms with Crippen molar-refractivity contribution in [1.29, 1.82) is 0 Å². The normalized spacial score (nSPS) is 12.0. The van der Waals surface area contributed by atoms with Crippen molar-refractivity contribution in [3.05, 3.63) is 70.5 Å². The zero-order chi connectivity index (χ0) is 21.4. The van der Waals surface area contributed by atoms with Crippen LogP contribution in [0.2, 0.25) is 0 Å². The van der Waals surface area contributed by atoms with Crippen LogP contribution in [-0.2, 0) is 6.54 Å². The number of hydrogen-bond donors (Lipinski definition) is 2. The molecule has 0 aliphatic heterocycles. The second kappa shape index (κ2) is 12.5. The maximum atomic E-state index is 13.8. The Hall–Kier alpha value is -2.16. The van der Waals surface area contributed by atoms with Crippen molar-refractivity contribution in [1.82, 2.24) is 15.5 Å². The first-order valence-corrected chi connectivity index (χ1v) is 10.0. The van der Waals surface area contributed by atoms with E-state index >= 15 is 0 Å². The highest BCUT2D eigenvalue weighted by Crippen LogP contribution is 2.16. The Morgan fingerprint density at radius 2 is 1.77 bits per heavy atom. The van der Waals surface area contributed by atoms with Crippen LogP contribution >= 0.6 is 24.0 Å². The van der Waals surface area contributed by atoms with E-state index in [0.717, 1.165) is 11.1 Å². The van der Waals surface area contributed by atoms with Crippen molar-refractivity contribution in [2.45, 2.75) is 40.3 Å². The number of aliphatic imine (C=N–C) groups is 1. The van der Waals surface area contributed by atoms with Gasteiger partial charge in [-0.1, -0.05) is 24.3 Å². The van der Waals surface area contributed by atoms with Gasteiger partial charge >= 0.3 is 0 Å². The first-order chi connectivity index (χ1) is 13.9. The summed E-state index contributed by atoms with van der Waals surface area (Å²) in [5.74, 6) is 0.464. The minimum atomic E-state index is -0.210. The fourth-order valence-electron chi connectivity index (χ4n) is 3.01. The van der Waals surface area contributed by atoms with E-state index in [4.69, 9.17) is 0 Å². The Labute approximate surface area is 196 Å². The van der Waals surface area contributed by atoms with E-state index in [1.165, 1.54) is 0 Å². The molecule has 30 heavy (non-hydrogen) atoms. The molecule has 5 nitrogen and oxygen atoms in total. The number of guanidine groups is 1. The van der Waals surface area contributed by atoms with Gasteiger partial charge in [0.25, 0.3) is 5.91 Å². The van der Waals surface area contributed by atoms with Gasteiger partial charge in [-0.15, -0.1) is 24.0 Å². The highest BCUT2D eigenvalue weighted by atomic mass is 127. The summed E-state index contributed by atoms with van der Waals surface area (Å²) in [6.07, 6.45) is 0. The van der Waals surface area contributed by atoms with Gasteiger partial charge in [0.05, 0.1) is 6.04 Å². The first-order valence-electron chi connectivity index (χ1n) is 10.0. The van der Waals surface area contributed by atoms with E-state index in [1.54, 1.807) is 31.0 Å². The molecule has 0 saturated heterocycles. The lowest BCUT2D eigenvalue weighted by molar-refractivity contribution is 0.0773. The van der Waals surface area contributed by atoms with Gasteiger partial charge in [0.15, 0.2) is 5.96 Å². The van der Waals surface area contributed by atoms with Crippen LogP contribution < -0.4 is 10.6 Å². The van der Waals surface area contributed by atoms with Gasteiger partial charge in [-0.05, 0) is 62.6 Å². The quantitative estimate of drug-likeness (QED) is 0.314. The van der Waals surface area contributed by atoms with Crippen molar-refractivity contribution in [3.8, 4) is 0 Å². The molecule has 0 heterocycles. The van der Waals surface area contributed by atoms with Crippen LogP contribution in [0, 0.1) is 12.7 Å². The van der Waals surface area contributed by atoms with Gasteiger partial charge in [0.1, 0.15) is 5.82 Å². The molecule has 0 aromatic heterocycles. The first kappa shape index (κ1) is 25.9. The molecule has 0 aliphatic carbocycles. The van der Waals surface area contributed by atoms with Gasteiger partial charge < -0.3 is 15.5 Å². The largest absolute Gasteiger partial charge is 0.352 e. The molecule has 1 unspecified atom stereocenters. The van der Waals surface area contributed by atoms with Gasteiger partial charge in [-0.25, -0.2) is 4.39 Å². The van der Waals surface area contributed by atoms with Crippen LogP contribution in [0.4, 0.5) is 4.39 Å². The number of halogens is 2. The van der Waals surface area contributed by atoms with E-state index in [0.29, 0.717) is 36.7 Å². The fourth-order valence-corrected chi connectivity index (χ4v) is 3.01. The maximum absolute atomic E-state index is 13.8. The van der Waals surface area contributed by atoms with Gasteiger partial charge in [0, 0.05) is 32.2 Å². The van der Waals surface area contributed by atoms with Crippen molar-refractivity contribution in [2.24, 2.45) is 4.99 Å². The summed E-state index contributed by atoms with van der Waals surface area (Å²) in [6, 6.07) is 12.7. The molecular weight excluding hydrogens is 494 g/mol. The lowest BCUT2D eigenvalue weighted by Crippen LogP contribution is -2.38. The van der Waals surface area contributed by atoms with E-state index in [2.05, 4.69) is 15.6 Å². The molecule has 2 aromatic carbocycles. The van der Waals surface area contributed by atoms with Crippen LogP contribution in [0.5, 0.6) is 0 Å². The number of benzene rings is 2. The lowest BCUT2D eigenvalue weighted by Gasteiger charge is -2.19.